The van der Waals surface area contributed by atoms with Crippen LogP contribution in [0.15, 0.2) is 18.2 Å². The van der Waals surface area contributed by atoms with Crippen molar-refractivity contribution in [1.29, 1.82) is 0 Å². The fraction of sp³-hybridized carbons (Fsp3) is 0.500. The Morgan fingerprint density at radius 3 is 2.95 bits per heavy atom. The molecule has 1 aromatic carbocycles. The van der Waals surface area contributed by atoms with E-state index >= 15 is 0 Å². The topological polar surface area (TPSA) is 49.5 Å². The van der Waals surface area contributed by atoms with E-state index in [1.807, 2.05) is 0 Å². The second-order valence-electron chi connectivity index (χ2n) is 4.95. The van der Waals surface area contributed by atoms with E-state index in [9.17, 15) is 9.50 Å². The van der Waals surface area contributed by atoms with Crippen molar-refractivity contribution in [2.75, 3.05) is 13.2 Å². The summed E-state index contributed by atoms with van der Waals surface area (Å²) >= 11 is 4.84. The van der Waals surface area contributed by atoms with E-state index < -0.39 is 0 Å². The second kappa shape index (κ2) is 6.41. The summed E-state index contributed by atoms with van der Waals surface area (Å²) in [5, 5.41) is 9.38. The van der Waals surface area contributed by atoms with Crippen molar-refractivity contribution in [3.05, 3.63) is 35.1 Å². The summed E-state index contributed by atoms with van der Waals surface area (Å²) in [7, 11) is 0. The number of hydrogen-bond acceptors (Lipinski definition) is 3. The maximum atomic E-state index is 14.3. The first kappa shape index (κ1) is 14.4. The number of aliphatic hydroxyl groups excluding tert-OH is 1. The third-order valence-electron chi connectivity index (χ3n) is 3.68. The summed E-state index contributed by atoms with van der Waals surface area (Å²) in [5.74, 6) is -0.336. The lowest BCUT2D eigenvalue weighted by Crippen LogP contribution is -2.41. The van der Waals surface area contributed by atoms with Crippen LogP contribution in [0.25, 0.3) is 0 Å². The first-order valence-electron chi connectivity index (χ1n) is 6.55. The lowest BCUT2D eigenvalue weighted by Gasteiger charge is -2.34. The highest BCUT2D eigenvalue weighted by atomic mass is 32.1. The van der Waals surface area contributed by atoms with Gasteiger partial charge in [-0.25, -0.2) is 4.39 Å². The molecule has 1 atom stereocenters. The minimum atomic E-state index is -0.336. The summed E-state index contributed by atoms with van der Waals surface area (Å²) in [6, 6.07) is 5.24. The third-order valence-corrected chi connectivity index (χ3v) is 3.90. The molecule has 0 aliphatic carbocycles. The predicted octanol–water partition coefficient (Wildman–Crippen LogP) is 1.81. The molecule has 0 saturated carbocycles. The molecule has 104 valence electrons. The van der Waals surface area contributed by atoms with Gasteiger partial charge < -0.3 is 10.8 Å². The second-order valence-corrected chi connectivity index (χ2v) is 5.39. The zero-order valence-electron chi connectivity index (χ0n) is 10.8. The molecule has 1 aromatic rings. The molecule has 0 aromatic heterocycles. The monoisotopic (exact) mass is 282 g/mol. The highest BCUT2D eigenvalue weighted by Gasteiger charge is 2.23. The first-order valence-corrected chi connectivity index (χ1v) is 6.96. The molecule has 3 nitrogen and oxygen atoms in total. The van der Waals surface area contributed by atoms with Gasteiger partial charge in [0.2, 0.25) is 0 Å². The lowest BCUT2D eigenvalue weighted by atomic mass is 10.0. The van der Waals surface area contributed by atoms with Crippen LogP contribution in [0.1, 0.15) is 30.4 Å². The number of nitrogens with zero attached hydrogens (tertiary/aromatic N) is 1. The van der Waals surface area contributed by atoms with Crippen LogP contribution in [0.4, 0.5) is 4.39 Å². The zero-order chi connectivity index (χ0) is 13.8. The van der Waals surface area contributed by atoms with Gasteiger partial charge in [0.25, 0.3) is 0 Å². The van der Waals surface area contributed by atoms with Crippen molar-refractivity contribution in [3.63, 3.8) is 0 Å². The molecule has 5 heteroatoms. The molecule has 1 aliphatic rings. The molecule has 1 aliphatic heterocycles. The van der Waals surface area contributed by atoms with E-state index in [2.05, 4.69) is 4.90 Å². The summed E-state index contributed by atoms with van der Waals surface area (Å²) in [6.07, 6.45) is 3.18. The Labute approximate surface area is 118 Å². The molecule has 1 fully saturated rings. The van der Waals surface area contributed by atoms with E-state index in [1.54, 1.807) is 18.2 Å². The van der Waals surface area contributed by atoms with Gasteiger partial charge in [0, 0.05) is 23.7 Å². The average Bonchev–Trinajstić information content (AvgIpc) is 2.41. The Hall–Kier alpha value is -1.04. The molecule has 1 heterocycles. The van der Waals surface area contributed by atoms with Crippen LogP contribution in [-0.4, -0.2) is 34.2 Å². The Bertz CT molecular complexity index is 467. The van der Waals surface area contributed by atoms with Gasteiger partial charge in [0.1, 0.15) is 10.8 Å². The Balaban J connectivity index is 2.18. The van der Waals surface area contributed by atoms with Gasteiger partial charge in [0.05, 0.1) is 6.61 Å². The minimum Gasteiger partial charge on any atom is -0.395 e. The smallest absolute Gasteiger partial charge is 0.137 e. The van der Waals surface area contributed by atoms with Crippen LogP contribution in [0, 0.1) is 5.82 Å². The van der Waals surface area contributed by atoms with Crippen molar-refractivity contribution >= 4 is 17.2 Å². The van der Waals surface area contributed by atoms with Gasteiger partial charge in [-0.05, 0) is 25.5 Å². The molecular weight excluding hydrogens is 263 g/mol. The number of benzene rings is 1. The molecular formula is C14H19FN2OS. The third kappa shape index (κ3) is 3.29. The number of halogens is 1. The quantitative estimate of drug-likeness (QED) is 0.827. The molecule has 1 saturated heterocycles. The van der Waals surface area contributed by atoms with Crippen molar-refractivity contribution in [1.82, 2.24) is 4.90 Å². The van der Waals surface area contributed by atoms with E-state index in [0.717, 1.165) is 25.8 Å². The van der Waals surface area contributed by atoms with Crippen LogP contribution in [0.2, 0.25) is 0 Å². The summed E-state index contributed by atoms with van der Waals surface area (Å²) in [5.41, 5.74) is 6.39. The number of aliphatic hydroxyl groups is 1. The fourth-order valence-electron chi connectivity index (χ4n) is 2.59. The Kier molecular flexibility index (Phi) is 4.85. The van der Waals surface area contributed by atoms with Gasteiger partial charge in [-0.15, -0.1) is 0 Å². The molecule has 0 radical (unpaired) electrons. The molecule has 0 amide bonds. The fourth-order valence-corrected chi connectivity index (χ4v) is 2.74. The van der Waals surface area contributed by atoms with Crippen LogP contribution in [0.3, 0.4) is 0 Å². The number of nitrogens with two attached hydrogens (primary N) is 1. The molecule has 19 heavy (non-hydrogen) atoms. The molecule has 0 bridgehead atoms. The van der Waals surface area contributed by atoms with Crippen molar-refractivity contribution < 1.29 is 9.50 Å². The van der Waals surface area contributed by atoms with E-state index in [0.29, 0.717) is 17.7 Å². The van der Waals surface area contributed by atoms with Crippen molar-refractivity contribution in [3.8, 4) is 0 Å². The van der Waals surface area contributed by atoms with Crippen LogP contribution >= 0.6 is 12.2 Å². The first-order chi connectivity index (χ1) is 9.13. The Morgan fingerprint density at radius 2 is 2.26 bits per heavy atom. The van der Waals surface area contributed by atoms with Crippen LogP contribution in [-0.2, 0) is 6.54 Å². The zero-order valence-corrected chi connectivity index (χ0v) is 11.6. The number of rotatable bonds is 4. The predicted molar refractivity (Wildman–Crippen MR) is 77.4 cm³/mol. The summed E-state index contributed by atoms with van der Waals surface area (Å²) in [4.78, 5) is 2.21. The summed E-state index contributed by atoms with van der Waals surface area (Å²) < 4.78 is 14.3. The average molecular weight is 282 g/mol. The van der Waals surface area contributed by atoms with E-state index in [-0.39, 0.29) is 23.5 Å². The van der Waals surface area contributed by atoms with Crippen LogP contribution in [0.5, 0.6) is 0 Å². The highest BCUT2D eigenvalue weighted by Crippen LogP contribution is 2.21. The van der Waals surface area contributed by atoms with Crippen molar-refractivity contribution in [2.24, 2.45) is 5.73 Å². The largest absolute Gasteiger partial charge is 0.395 e. The Morgan fingerprint density at radius 1 is 1.47 bits per heavy atom. The lowest BCUT2D eigenvalue weighted by molar-refractivity contribution is 0.0832. The number of likely N-dealkylation sites (tertiary alicyclic amines) is 1. The SMILES string of the molecule is NC(=S)c1cccc(CN2CCCCC2CO)c1F. The maximum Gasteiger partial charge on any atom is 0.137 e. The number of piperidine rings is 1. The van der Waals surface area contributed by atoms with Gasteiger partial charge in [-0.2, -0.15) is 0 Å². The molecule has 0 spiro atoms. The van der Waals surface area contributed by atoms with Gasteiger partial charge in [-0.3, -0.25) is 4.90 Å². The highest BCUT2D eigenvalue weighted by molar-refractivity contribution is 7.80. The maximum absolute atomic E-state index is 14.3. The molecule has 3 N–H and O–H groups in total. The van der Waals surface area contributed by atoms with Gasteiger partial charge >= 0.3 is 0 Å². The number of hydrogen-bond donors (Lipinski definition) is 2. The molecule has 2 rings (SSSR count). The normalized spacial score (nSPS) is 20.4. The van der Waals surface area contributed by atoms with Crippen molar-refractivity contribution in [2.45, 2.75) is 31.8 Å². The minimum absolute atomic E-state index is 0.0803. The number of thiocarbonyl (C=S) groups is 1. The van der Waals surface area contributed by atoms with E-state index in [1.165, 1.54) is 0 Å². The van der Waals surface area contributed by atoms with E-state index in [4.69, 9.17) is 18.0 Å². The summed E-state index contributed by atoms with van der Waals surface area (Å²) in [6.45, 7) is 1.51. The standard InChI is InChI=1S/C14H19FN2OS/c15-13-10(4-3-6-12(13)14(16)19)8-17-7-2-1-5-11(17)9-18/h3-4,6,11,18H,1-2,5,7-9H2,(H2,16,19). The van der Waals surface area contributed by atoms with Gasteiger partial charge in [0.15, 0.2) is 0 Å². The van der Waals surface area contributed by atoms with Gasteiger partial charge in [-0.1, -0.05) is 30.8 Å². The molecule has 1 unspecified atom stereocenters. The van der Waals surface area contributed by atoms with Crippen LogP contribution < -0.4 is 5.73 Å².